The van der Waals surface area contributed by atoms with Crippen LogP contribution in [0.4, 0.5) is 0 Å². The van der Waals surface area contributed by atoms with Crippen LogP contribution in [0.2, 0.25) is 0 Å². The predicted octanol–water partition coefficient (Wildman–Crippen LogP) is 2.04. The van der Waals surface area contributed by atoms with E-state index in [-0.39, 0.29) is 5.56 Å². The van der Waals surface area contributed by atoms with Gasteiger partial charge in [0, 0.05) is 30.8 Å². The second-order valence-electron chi connectivity index (χ2n) is 5.70. The number of nitrogens with zero attached hydrogens (tertiary/aromatic N) is 3. The molecule has 0 saturated heterocycles. The number of aromatic nitrogens is 4. The van der Waals surface area contributed by atoms with Gasteiger partial charge in [-0.1, -0.05) is 35.5 Å². The summed E-state index contributed by atoms with van der Waals surface area (Å²) in [6.07, 6.45) is 0.739. The minimum absolute atomic E-state index is 0.131. The average molecular weight is 341 g/mol. The number of benzene rings is 1. The summed E-state index contributed by atoms with van der Waals surface area (Å²) >= 11 is 5.01. The highest BCUT2D eigenvalue weighted by Crippen LogP contribution is 2.18. The van der Waals surface area contributed by atoms with Crippen LogP contribution in [0, 0.1) is 4.77 Å². The molecule has 0 aliphatic carbocycles. The summed E-state index contributed by atoms with van der Waals surface area (Å²) in [5, 5.41) is 4.02. The molecule has 0 saturated carbocycles. The van der Waals surface area contributed by atoms with Gasteiger partial charge >= 0.3 is 0 Å². The van der Waals surface area contributed by atoms with Crippen molar-refractivity contribution in [1.82, 2.24) is 25.0 Å². The van der Waals surface area contributed by atoms with E-state index in [4.69, 9.17) is 16.7 Å². The van der Waals surface area contributed by atoms with Crippen LogP contribution in [0.15, 0.2) is 39.6 Å². The molecule has 0 amide bonds. The van der Waals surface area contributed by atoms with Crippen LogP contribution < -0.4 is 5.56 Å². The van der Waals surface area contributed by atoms with Crippen LogP contribution in [0.3, 0.4) is 0 Å². The van der Waals surface area contributed by atoms with E-state index in [9.17, 15) is 4.79 Å². The molecule has 1 aromatic carbocycles. The van der Waals surface area contributed by atoms with Gasteiger partial charge in [-0.2, -0.15) is 4.98 Å². The van der Waals surface area contributed by atoms with Gasteiger partial charge < -0.3 is 9.51 Å². The SMILES string of the molecule is O=c1[nH]c(=S)[nH]c2c1CN(Cc1nc(-c3ccccc3)no1)CC2. The third kappa shape index (κ3) is 2.93. The zero-order valence-electron chi connectivity index (χ0n) is 12.8. The van der Waals surface area contributed by atoms with Crippen LogP contribution in [-0.4, -0.2) is 31.6 Å². The van der Waals surface area contributed by atoms with E-state index in [0.717, 1.165) is 29.8 Å². The Labute approximate surface area is 142 Å². The van der Waals surface area contributed by atoms with Gasteiger partial charge in [0.15, 0.2) is 4.77 Å². The maximum Gasteiger partial charge on any atom is 0.256 e. The fourth-order valence-corrected chi connectivity index (χ4v) is 3.08. The number of aromatic amines is 2. The van der Waals surface area contributed by atoms with Crippen LogP contribution in [0.25, 0.3) is 11.4 Å². The van der Waals surface area contributed by atoms with Crippen LogP contribution in [-0.2, 0) is 19.5 Å². The first-order chi connectivity index (χ1) is 11.7. The van der Waals surface area contributed by atoms with E-state index in [1.807, 2.05) is 30.3 Å². The molecule has 0 unspecified atom stereocenters. The zero-order chi connectivity index (χ0) is 16.5. The molecule has 3 heterocycles. The molecular formula is C16H15N5O2S. The summed E-state index contributed by atoms with van der Waals surface area (Å²) in [4.78, 5) is 24.3. The van der Waals surface area contributed by atoms with Crippen molar-refractivity contribution in [3.8, 4) is 11.4 Å². The van der Waals surface area contributed by atoms with Crippen molar-refractivity contribution in [3.63, 3.8) is 0 Å². The predicted molar refractivity (Wildman–Crippen MR) is 89.8 cm³/mol. The van der Waals surface area contributed by atoms with Gasteiger partial charge in [0.2, 0.25) is 11.7 Å². The molecule has 0 fully saturated rings. The molecule has 7 nitrogen and oxygen atoms in total. The first kappa shape index (κ1) is 15.0. The molecule has 0 atom stereocenters. The van der Waals surface area contributed by atoms with Crippen LogP contribution in [0.1, 0.15) is 17.1 Å². The van der Waals surface area contributed by atoms with Gasteiger partial charge in [0.1, 0.15) is 0 Å². The number of rotatable bonds is 3. The Morgan fingerprint density at radius 1 is 1.25 bits per heavy atom. The van der Waals surface area contributed by atoms with E-state index in [0.29, 0.717) is 29.6 Å². The maximum absolute atomic E-state index is 12.1. The fourth-order valence-electron chi connectivity index (χ4n) is 2.86. The lowest BCUT2D eigenvalue weighted by molar-refractivity contribution is 0.208. The summed E-state index contributed by atoms with van der Waals surface area (Å²) in [5.74, 6) is 1.11. The lowest BCUT2D eigenvalue weighted by Crippen LogP contribution is -2.35. The van der Waals surface area contributed by atoms with Crippen LogP contribution in [0.5, 0.6) is 0 Å². The van der Waals surface area contributed by atoms with E-state index >= 15 is 0 Å². The lowest BCUT2D eigenvalue weighted by atomic mass is 10.1. The minimum Gasteiger partial charge on any atom is -0.338 e. The molecule has 8 heteroatoms. The van der Waals surface area contributed by atoms with Gasteiger partial charge in [-0.15, -0.1) is 0 Å². The van der Waals surface area contributed by atoms with Gasteiger partial charge in [0.25, 0.3) is 5.56 Å². The Hall–Kier alpha value is -2.58. The third-order valence-corrected chi connectivity index (χ3v) is 4.25. The van der Waals surface area contributed by atoms with Gasteiger partial charge in [-0.05, 0) is 12.2 Å². The third-order valence-electron chi connectivity index (χ3n) is 4.05. The van der Waals surface area contributed by atoms with E-state index in [1.165, 1.54) is 0 Å². The second-order valence-corrected chi connectivity index (χ2v) is 6.11. The zero-order valence-corrected chi connectivity index (χ0v) is 13.6. The molecular weight excluding hydrogens is 326 g/mol. The topological polar surface area (TPSA) is 90.8 Å². The highest BCUT2D eigenvalue weighted by atomic mass is 32.1. The molecule has 1 aliphatic rings. The molecule has 1 aliphatic heterocycles. The minimum atomic E-state index is -0.131. The number of fused-ring (bicyclic) bond motifs is 1. The Morgan fingerprint density at radius 2 is 2.08 bits per heavy atom. The maximum atomic E-state index is 12.1. The monoisotopic (exact) mass is 341 g/mol. The van der Waals surface area contributed by atoms with Crippen LogP contribution >= 0.6 is 12.2 Å². The van der Waals surface area contributed by atoms with E-state index in [2.05, 4.69) is 25.0 Å². The molecule has 3 aromatic rings. The van der Waals surface area contributed by atoms with Gasteiger partial charge in [0.05, 0.1) is 12.1 Å². The van der Waals surface area contributed by atoms with Gasteiger partial charge in [-0.25, -0.2) is 0 Å². The summed E-state index contributed by atoms with van der Waals surface area (Å²) in [7, 11) is 0. The average Bonchev–Trinajstić information content (AvgIpc) is 3.05. The highest BCUT2D eigenvalue weighted by Gasteiger charge is 2.21. The van der Waals surface area contributed by atoms with Crippen molar-refractivity contribution in [1.29, 1.82) is 0 Å². The number of hydrogen-bond donors (Lipinski definition) is 2. The van der Waals surface area contributed by atoms with Gasteiger partial charge in [-0.3, -0.25) is 14.7 Å². The molecule has 2 aromatic heterocycles. The smallest absolute Gasteiger partial charge is 0.256 e. The quantitative estimate of drug-likeness (QED) is 0.709. The molecule has 24 heavy (non-hydrogen) atoms. The van der Waals surface area contributed by atoms with Crippen molar-refractivity contribution in [2.45, 2.75) is 19.5 Å². The number of H-pyrrole nitrogens is 2. The summed E-state index contributed by atoms with van der Waals surface area (Å²) in [6.45, 7) is 1.83. The Kier molecular flexibility index (Phi) is 3.83. The Balaban J connectivity index is 1.52. The molecule has 4 rings (SSSR count). The first-order valence-electron chi connectivity index (χ1n) is 7.64. The summed E-state index contributed by atoms with van der Waals surface area (Å²) in [6, 6.07) is 9.69. The largest absolute Gasteiger partial charge is 0.338 e. The Morgan fingerprint density at radius 3 is 2.92 bits per heavy atom. The fraction of sp³-hybridized carbons (Fsp3) is 0.250. The Bertz CT molecular complexity index is 976. The summed E-state index contributed by atoms with van der Waals surface area (Å²) < 4.78 is 5.72. The molecule has 0 radical (unpaired) electrons. The van der Waals surface area contributed by atoms with E-state index < -0.39 is 0 Å². The van der Waals surface area contributed by atoms with Crippen molar-refractivity contribution in [3.05, 3.63) is 62.6 Å². The van der Waals surface area contributed by atoms with Crippen molar-refractivity contribution in [2.24, 2.45) is 0 Å². The second kappa shape index (κ2) is 6.14. The molecule has 0 bridgehead atoms. The molecule has 122 valence electrons. The van der Waals surface area contributed by atoms with E-state index in [1.54, 1.807) is 0 Å². The molecule has 2 N–H and O–H groups in total. The van der Waals surface area contributed by atoms with Crippen molar-refractivity contribution in [2.75, 3.05) is 6.54 Å². The number of nitrogens with one attached hydrogen (secondary N) is 2. The lowest BCUT2D eigenvalue weighted by Gasteiger charge is -2.26. The first-order valence-corrected chi connectivity index (χ1v) is 8.04. The van der Waals surface area contributed by atoms with Crippen molar-refractivity contribution >= 4 is 12.2 Å². The number of hydrogen-bond acceptors (Lipinski definition) is 6. The highest BCUT2D eigenvalue weighted by molar-refractivity contribution is 7.71. The normalized spacial score (nSPS) is 14.5. The van der Waals surface area contributed by atoms with Crippen molar-refractivity contribution < 1.29 is 4.52 Å². The standard InChI is InChI=1S/C16H15N5O2S/c22-15-11-8-21(7-6-12(11)17-16(24)19-15)9-13-18-14(20-23-13)10-4-2-1-3-5-10/h1-5H,6-9H2,(H2,17,19,22,24). The summed E-state index contributed by atoms with van der Waals surface area (Å²) in [5.41, 5.74) is 2.42. The molecule has 0 spiro atoms.